The summed E-state index contributed by atoms with van der Waals surface area (Å²) in [6.07, 6.45) is -1.34. The van der Waals surface area contributed by atoms with E-state index in [-0.39, 0.29) is 28.9 Å². The molecule has 0 atom stereocenters. The third kappa shape index (κ3) is 5.79. The number of nitrogens with one attached hydrogen (secondary N) is 1. The molecule has 0 radical (unpaired) electrons. The Bertz CT molecular complexity index is 1410. The van der Waals surface area contributed by atoms with Gasteiger partial charge < -0.3 is 19.5 Å². The minimum Gasteiger partial charge on any atom is -0.437 e. The first kappa shape index (κ1) is 24.9. The fourth-order valence-corrected chi connectivity index (χ4v) is 3.55. The Labute approximate surface area is 192 Å². The number of nitrogens with zero attached hydrogens (tertiary/aromatic N) is 1. The lowest BCUT2D eigenvalue weighted by molar-refractivity contribution is 0.119. The van der Waals surface area contributed by atoms with E-state index in [0.29, 0.717) is 11.1 Å². The van der Waals surface area contributed by atoms with Crippen molar-refractivity contribution in [1.29, 1.82) is 0 Å². The summed E-state index contributed by atoms with van der Waals surface area (Å²) in [7, 11) is -5.04. The number of aromatic nitrogens is 2. The van der Waals surface area contributed by atoms with Crippen molar-refractivity contribution in [1.82, 2.24) is 9.55 Å². The lowest BCUT2D eigenvalue weighted by Crippen LogP contribution is -2.38. The van der Waals surface area contributed by atoms with E-state index < -0.39 is 40.5 Å². The smallest absolute Gasteiger partial charge is 0.437 e. The average molecular weight is 490 g/mol. The summed E-state index contributed by atoms with van der Waals surface area (Å²) in [6, 6.07) is 10.8. The standard InChI is InChI=1S/C20H19BN2O10S/c1-32-20(26)33-17-16(10-12-4-8-15(9-5-12)34(29,30)31)18(24)23(19(25)22-17)11-13-2-6-14(7-3-13)21(27)28/h2-9,27-28H,10-11H2,1H3,(H,22,25)(H,29,30,31). The third-order valence-electron chi connectivity index (χ3n) is 4.82. The molecule has 3 aromatic rings. The highest BCUT2D eigenvalue weighted by molar-refractivity contribution is 7.85. The molecule has 0 saturated heterocycles. The number of hydrogen-bond acceptors (Lipinski definition) is 9. The van der Waals surface area contributed by atoms with E-state index in [0.717, 1.165) is 23.8 Å². The van der Waals surface area contributed by atoms with Crippen LogP contribution in [0.15, 0.2) is 63.0 Å². The maximum absolute atomic E-state index is 13.2. The summed E-state index contributed by atoms with van der Waals surface area (Å²) in [5.74, 6) is -0.435. The Kier molecular flexibility index (Phi) is 7.36. The molecule has 0 aliphatic carbocycles. The number of carbonyl (C=O) groups excluding carboxylic acids is 1. The van der Waals surface area contributed by atoms with E-state index in [4.69, 9.17) is 9.29 Å². The largest absolute Gasteiger partial charge is 0.514 e. The molecule has 4 N–H and O–H groups in total. The van der Waals surface area contributed by atoms with Crippen LogP contribution in [0.5, 0.6) is 5.88 Å². The minimum atomic E-state index is -4.41. The van der Waals surface area contributed by atoms with Gasteiger partial charge in [0.15, 0.2) is 0 Å². The highest BCUT2D eigenvalue weighted by atomic mass is 32.2. The van der Waals surface area contributed by atoms with Gasteiger partial charge in [0.2, 0.25) is 5.88 Å². The Balaban J connectivity index is 2.03. The molecule has 0 unspecified atom stereocenters. The lowest BCUT2D eigenvalue weighted by atomic mass is 9.80. The summed E-state index contributed by atoms with van der Waals surface area (Å²) < 4.78 is 41.8. The van der Waals surface area contributed by atoms with Crippen LogP contribution in [0, 0.1) is 0 Å². The molecule has 3 rings (SSSR count). The van der Waals surface area contributed by atoms with Gasteiger partial charge in [-0.3, -0.25) is 18.9 Å². The van der Waals surface area contributed by atoms with E-state index in [1.165, 1.54) is 36.4 Å². The predicted molar refractivity (Wildman–Crippen MR) is 119 cm³/mol. The Morgan fingerprint density at radius 3 is 2.15 bits per heavy atom. The van der Waals surface area contributed by atoms with Crippen LogP contribution in [0.4, 0.5) is 4.79 Å². The summed E-state index contributed by atoms with van der Waals surface area (Å²) in [5, 5.41) is 18.4. The van der Waals surface area contributed by atoms with Gasteiger partial charge in [-0.2, -0.15) is 8.42 Å². The maximum atomic E-state index is 13.2. The summed E-state index contributed by atoms with van der Waals surface area (Å²) in [6.45, 7) is -0.177. The fraction of sp³-hybridized carbons (Fsp3) is 0.150. The van der Waals surface area contributed by atoms with Crippen LogP contribution in [0.1, 0.15) is 16.7 Å². The first-order chi connectivity index (χ1) is 16.0. The number of benzene rings is 2. The van der Waals surface area contributed by atoms with Crippen LogP contribution < -0.4 is 21.4 Å². The fourth-order valence-electron chi connectivity index (χ4n) is 3.07. The number of rotatable bonds is 7. The van der Waals surface area contributed by atoms with Crippen LogP contribution in [-0.4, -0.2) is 53.0 Å². The molecule has 1 heterocycles. The van der Waals surface area contributed by atoms with Crippen molar-refractivity contribution in [3.05, 3.63) is 86.1 Å². The number of carbonyl (C=O) groups is 1. The van der Waals surface area contributed by atoms with E-state index in [2.05, 4.69) is 9.72 Å². The molecule has 12 nitrogen and oxygen atoms in total. The minimum absolute atomic E-state index is 0.119. The van der Waals surface area contributed by atoms with Crippen molar-refractivity contribution in [3.63, 3.8) is 0 Å². The summed E-state index contributed by atoms with van der Waals surface area (Å²) in [5.41, 5.74) is -0.637. The number of methoxy groups -OCH3 is 1. The van der Waals surface area contributed by atoms with Crippen molar-refractivity contribution < 1.29 is 37.3 Å². The highest BCUT2D eigenvalue weighted by Gasteiger charge is 2.20. The number of aromatic amines is 1. The molecule has 0 aliphatic rings. The topological polar surface area (TPSA) is 185 Å². The van der Waals surface area contributed by atoms with Crippen LogP contribution in [0.25, 0.3) is 0 Å². The van der Waals surface area contributed by atoms with Crippen LogP contribution >= 0.6 is 0 Å². The second-order valence-corrected chi connectivity index (χ2v) is 8.52. The third-order valence-corrected chi connectivity index (χ3v) is 5.68. The van der Waals surface area contributed by atoms with Gasteiger partial charge in [0.25, 0.3) is 15.7 Å². The molecule has 1 aromatic heterocycles. The quantitative estimate of drug-likeness (QED) is 0.187. The number of H-pyrrole nitrogens is 1. The van der Waals surface area contributed by atoms with Crippen molar-refractivity contribution >= 4 is 28.9 Å². The second kappa shape index (κ2) is 10.0. The zero-order valence-corrected chi connectivity index (χ0v) is 18.5. The van der Waals surface area contributed by atoms with Crippen LogP contribution in [0.3, 0.4) is 0 Å². The number of ether oxygens (including phenoxy) is 2. The van der Waals surface area contributed by atoms with Gasteiger partial charge in [0.1, 0.15) is 0 Å². The average Bonchev–Trinajstić information content (AvgIpc) is 2.79. The van der Waals surface area contributed by atoms with Gasteiger partial charge in [-0.05, 0) is 28.7 Å². The molecule has 0 aliphatic heterocycles. The first-order valence-electron chi connectivity index (χ1n) is 9.62. The molecular formula is C20H19BN2O10S. The van der Waals surface area contributed by atoms with Crippen molar-refractivity contribution in [2.24, 2.45) is 0 Å². The molecule has 2 aromatic carbocycles. The zero-order valence-electron chi connectivity index (χ0n) is 17.7. The van der Waals surface area contributed by atoms with E-state index >= 15 is 0 Å². The molecular weight excluding hydrogens is 471 g/mol. The summed E-state index contributed by atoms with van der Waals surface area (Å²) in [4.78, 5) is 39.3. The van der Waals surface area contributed by atoms with Gasteiger partial charge in [-0.25, -0.2) is 9.59 Å². The van der Waals surface area contributed by atoms with E-state index in [1.54, 1.807) is 0 Å². The molecule has 0 amide bonds. The molecule has 0 fully saturated rings. The van der Waals surface area contributed by atoms with E-state index in [9.17, 15) is 32.8 Å². The normalized spacial score (nSPS) is 11.2. The molecule has 178 valence electrons. The maximum Gasteiger partial charge on any atom is 0.514 e. The molecule has 14 heteroatoms. The highest BCUT2D eigenvalue weighted by Crippen LogP contribution is 2.17. The van der Waals surface area contributed by atoms with Crippen molar-refractivity contribution in [3.8, 4) is 5.88 Å². The summed E-state index contributed by atoms with van der Waals surface area (Å²) >= 11 is 0. The Morgan fingerprint density at radius 1 is 1.03 bits per heavy atom. The predicted octanol–water partition coefficient (Wildman–Crippen LogP) is -0.753. The van der Waals surface area contributed by atoms with Gasteiger partial charge in [0, 0.05) is 6.42 Å². The van der Waals surface area contributed by atoms with Crippen LogP contribution in [0.2, 0.25) is 0 Å². The van der Waals surface area contributed by atoms with Gasteiger partial charge in [-0.1, -0.05) is 36.4 Å². The Morgan fingerprint density at radius 2 is 1.62 bits per heavy atom. The van der Waals surface area contributed by atoms with Crippen molar-refractivity contribution in [2.75, 3.05) is 7.11 Å². The first-order valence-corrected chi connectivity index (χ1v) is 11.1. The van der Waals surface area contributed by atoms with Crippen LogP contribution in [-0.2, 0) is 27.8 Å². The second-order valence-electron chi connectivity index (χ2n) is 7.10. The molecule has 34 heavy (non-hydrogen) atoms. The van der Waals surface area contributed by atoms with Gasteiger partial charge in [0.05, 0.1) is 24.1 Å². The number of hydrogen-bond donors (Lipinski definition) is 4. The van der Waals surface area contributed by atoms with Gasteiger partial charge >= 0.3 is 19.0 Å². The zero-order chi connectivity index (χ0) is 25.0. The molecule has 0 spiro atoms. The molecule has 0 bridgehead atoms. The van der Waals surface area contributed by atoms with Gasteiger partial charge in [-0.15, -0.1) is 0 Å². The lowest BCUT2D eigenvalue weighted by Gasteiger charge is -2.12. The Hall–Kier alpha value is -3.72. The monoisotopic (exact) mass is 490 g/mol. The van der Waals surface area contributed by atoms with Crippen molar-refractivity contribution in [2.45, 2.75) is 17.9 Å². The van der Waals surface area contributed by atoms with E-state index in [1.807, 2.05) is 0 Å². The SMILES string of the molecule is COC(=O)Oc1[nH]c(=O)n(Cc2ccc(B(O)O)cc2)c(=O)c1Cc1ccc(S(=O)(=O)O)cc1. The molecule has 0 saturated carbocycles.